The van der Waals surface area contributed by atoms with E-state index >= 15 is 0 Å². The molecule has 0 atom stereocenters. The quantitative estimate of drug-likeness (QED) is 0.393. The predicted molar refractivity (Wildman–Crippen MR) is 85.1 cm³/mol. The Morgan fingerprint density at radius 1 is 1.40 bits per heavy atom. The first-order valence-corrected chi connectivity index (χ1v) is 7.24. The van der Waals surface area contributed by atoms with Gasteiger partial charge >= 0.3 is 0 Å². The maximum Gasteiger partial charge on any atom is 0.172 e. The number of hydrogen-bond donors (Lipinski definition) is 2. The van der Waals surface area contributed by atoms with Crippen LogP contribution in [0.5, 0.6) is 0 Å². The van der Waals surface area contributed by atoms with E-state index < -0.39 is 0 Å². The molecule has 106 valence electrons. The average molecular weight is 310 g/mol. The Balaban J connectivity index is 2.31. The lowest BCUT2D eigenvalue weighted by Gasteiger charge is -2.22. The highest BCUT2D eigenvalue weighted by atomic mass is 35.5. The number of hydrogen-bond acceptors (Lipinski definition) is 4. The van der Waals surface area contributed by atoms with Crippen LogP contribution in [-0.4, -0.2) is 18.1 Å². The topological polar surface area (TPSA) is 61.8 Å². The van der Waals surface area contributed by atoms with Crippen molar-refractivity contribution in [2.75, 3.05) is 11.9 Å². The fraction of sp³-hybridized carbons (Fsp3) is 0.214. The van der Waals surface area contributed by atoms with Crippen molar-refractivity contribution < 1.29 is 5.21 Å². The van der Waals surface area contributed by atoms with E-state index in [0.717, 1.165) is 26.0 Å². The zero-order valence-electron chi connectivity index (χ0n) is 11.3. The first-order valence-electron chi connectivity index (χ1n) is 6.05. The van der Waals surface area contributed by atoms with Gasteiger partial charge in [-0.1, -0.05) is 28.4 Å². The van der Waals surface area contributed by atoms with E-state index in [1.54, 1.807) is 11.3 Å². The van der Waals surface area contributed by atoms with Crippen LogP contribution in [0.2, 0.25) is 4.34 Å². The molecular formula is C14H16ClN3OS. The molecule has 0 aliphatic rings. The Labute approximate surface area is 127 Å². The third-order valence-corrected chi connectivity index (χ3v) is 4.18. The lowest BCUT2D eigenvalue weighted by atomic mass is 10.1. The van der Waals surface area contributed by atoms with Gasteiger partial charge in [-0.25, -0.2) is 0 Å². The molecule has 0 bridgehead atoms. The largest absolute Gasteiger partial charge is 0.409 e. The van der Waals surface area contributed by atoms with Gasteiger partial charge in [-0.15, -0.1) is 11.3 Å². The van der Waals surface area contributed by atoms with Gasteiger partial charge in [0.15, 0.2) is 5.84 Å². The van der Waals surface area contributed by atoms with Crippen molar-refractivity contribution in [1.82, 2.24) is 0 Å². The summed E-state index contributed by atoms with van der Waals surface area (Å²) in [6, 6.07) is 9.76. The van der Waals surface area contributed by atoms with Crippen LogP contribution in [0.25, 0.3) is 0 Å². The molecule has 3 N–H and O–H groups in total. The third kappa shape index (κ3) is 3.23. The van der Waals surface area contributed by atoms with E-state index in [9.17, 15) is 0 Å². The highest BCUT2D eigenvalue weighted by Gasteiger charge is 2.12. The van der Waals surface area contributed by atoms with Crippen LogP contribution in [-0.2, 0) is 6.54 Å². The lowest BCUT2D eigenvalue weighted by molar-refractivity contribution is 0.318. The fourth-order valence-electron chi connectivity index (χ4n) is 2.00. The molecule has 0 spiro atoms. The number of thiophene rings is 1. The molecule has 20 heavy (non-hydrogen) atoms. The van der Waals surface area contributed by atoms with Gasteiger partial charge in [-0.05, 0) is 31.2 Å². The summed E-state index contributed by atoms with van der Waals surface area (Å²) in [4.78, 5) is 3.21. The molecule has 0 radical (unpaired) electrons. The molecule has 0 aliphatic carbocycles. The Bertz CT molecular complexity index is 639. The van der Waals surface area contributed by atoms with Crippen LogP contribution in [0.3, 0.4) is 0 Å². The molecule has 4 nitrogen and oxygen atoms in total. The van der Waals surface area contributed by atoms with Crippen molar-refractivity contribution in [1.29, 1.82) is 0 Å². The van der Waals surface area contributed by atoms with Crippen LogP contribution in [0, 0.1) is 6.92 Å². The number of rotatable bonds is 4. The maximum atomic E-state index is 8.91. The molecule has 1 heterocycles. The minimum Gasteiger partial charge on any atom is -0.409 e. The Morgan fingerprint density at radius 2 is 2.15 bits per heavy atom. The Kier molecular flexibility index (Phi) is 4.52. The third-order valence-electron chi connectivity index (χ3n) is 2.97. The van der Waals surface area contributed by atoms with E-state index in [0.29, 0.717) is 6.54 Å². The zero-order valence-corrected chi connectivity index (χ0v) is 12.9. The first kappa shape index (κ1) is 14.7. The summed E-state index contributed by atoms with van der Waals surface area (Å²) in [5.74, 6) is 0.111. The smallest absolute Gasteiger partial charge is 0.172 e. The van der Waals surface area contributed by atoms with Gasteiger partial charge in [0, 0.05) is 23.2 Å². The lowest BCUT2D eigenvalue weighted by Crippen LogP contribution is -2.22. The standard InChI is InChI=1S/C14H16ClN3OS/c1-9-3-5-12(11(7-9)14(16)17-19)18(2)8-10-4-6-13(15)20-10/h3-7,19H,8H2,1-2H3,(H2,16,17). The zero-order chi connectivity index (χ0) is 14.7. The highest BCUT2D eigenvalue weighted by Crippen LogP contribution is 2.26. The Hall–Kier alpha value is -1.72. The van der Waals surface area contributed by atoms with Crippen molar-refractivity contribution in [2.24, 2.45) is 10.9 Å². The minimum absolute atomic E-state index is 0.111. The SMILES string of the molecule is Cc1ccc(N(C)Cc2ccc(Cl)s2)c(/C(N)=N/O)c1. The van der Waals surface area contributed by atoms with E-state index in [-0.39, 0.29) is 5.84 Å². The molecular weight excluding hydrogens is 294 g/mol. The van der Waals surface area contributed by atoms with Crippen molar-refractivity contribution in [3.8, 4) is 0 Å². The second-order valence-electron chi connectivity index (χ2n) is 4.57. The normalized spacial score (nSPS) is 11.7. The van der Waals surface area contributed by atoms with Crippen LogP contribution in [0.1, 0.15) is 16.0 Å². The number of anilines is 1. The molecule has 0 unspecified atom stereocenters. The van der Waals surface area contributed by atoms with E-state index in [1.807, 2.05) is 44.3 Å². The van der Waals surface area contributed by atoms with Gasteiger partial charge in [0.25, 0.3) is 0 Å². The van der Waals surface area contributed by atoms with Crippen LogP contribution >= 0.6 is 22.9 Å². The summed E-state index contributed by atoms with van der Waals surface area (Å²) in [7, 11) is 1.96. The summed E-state index contributed by atoms with van der Waals surface area (Å²) < 4.78 is 0.772. The molecule has 6 heteroatoms. The molecule has 0 saturated carbocycles. The summed E-state index contributed by atoms with van der Waals surface area (Å²) in [5.41, 5.74) is 8.44. The number of amidine groups is 1. The van der Waals surface area contributed by atoms with Gasteiger partial charge < -0.3 is 15.8 Å². The van der Waals surface area contributed by atoms with Gasteiger partial charge in [0.1, 0.15) is 0 Å². The average Bonchev–Trinajstić information content (AvgIpc) is 2.82. The van der Waals surface area contributed by atoms with Crippen molar-refractivity contribution in [2.45, 2.75) is 13.5 Å². The maximum absolute atomic E-state index is 8.91. The summed E-state index contributed by atoms with van der Waals surface area (Å²) >= 11 is 7.49. The van der Waals surface area contributed by atoms with Gasteiger partial charge in [-0.3, -0.25) is 0 Å². The van der Waals surface area contributed by atoms with Crippen LogP contribution in [0.15, 0.2) is 35.5 Å². The van der Waals surface area contributed by atoms with E-state index in [4.69, 9.17) is 22.5 Å². The minimum atomic E-state index is 0.111. The van der Waals surface area contributed by atoms with Crippen molar-refractivity contribution in [3.05, 3.63) is 50.7 Å². The molecule has 2 aromatic rings. The monoisotopic (exact) mass is 309 g/mol. The summed E-state index contributed by atoms with van der Waals surface area (Å²) in [6.45, 7) is 2.68. The van der Waals surface area contributed by atoms with Crippen molar-refractivity contribution >= 4 is 34.5 Å². The summed E-state index contributed by atoms with van der Waals surface area (Å²) in [5, 5.41) is 12.0. The number of nitrogens with zero attached hydrogens (tertiary/aromatic N) is 2. The van der Waals surface area contributed by atoms with E-state index in [2.05, 4.69) is 10.1 Å². The van der Waals surface area contributed by atoms with Gasteiger partial charge in [0.2, 0.25) is 0 Å². The molecule has 0 amide bonds. The second-order valence-corrected chi connectivity index (χ2v) is 6.37. The molecule has 0 aliphatic heterocycles. The van der Waals surface area contributed by atoms with Gasteiger partial charge in [-0.2, -0.15) is 0 Å². The highest BCUT2D eigenvalue weighted by molar-refractivity contribution is 7.16. The Morgan fingerprint density at radius 3 is 2.75 bits per heavy atom. The van der Waals surface area contributed by atoms with E-state index in [1.165, 1.54) is 0 Å². The number of halogens is 1. The molecule has 0 fully saturated rings. The number of nitrogens with two attached hydrogens (primary N) is 1. The number of oxime groups is 1. The number of aryl methyl sites for hydroxylation is 1. The molecule has 1 aromatic carbocycles. The van der Waals surface area contributed by atoms with Crippen LogP contribution < -0.4 is 10.6 Å². The fourth-order valence-corrected chi connectivity index (χ4v) is 3.14. The summed E-state index contributed by atoms with van der Waals surface area (Å²) in [6.07, 6.45) is 0. The molecule has 0 saturated heterocycles. The first-order chi connectivity index (χ1) is 9.51. The van der Waals surface area contributed by atoms with Gasteiger partial charge in [0.05, 0.1) is 10.9 Å². The van der Waals surface area contributed by atoms with Crippen molar-refractivity contribution in [3.63, 3.8) is 0 Å². The number of benzene rings is 1. The second kappa shape index (κ2) is 6.15. The predicted octanol–water partition coefficient (Wildman–Crippen LogP) is 3.44. The van der Waals surface area contributed by atoms with Crippen LogP contribution in [0.4, 0.5) is 5.69 Å². The molecule has 1 aromatic heterocycles. The molecule has 2 rings (SSSR count).